The summed E-state index contributed by atoms with van der Waals surface area (Å²) in [5, 5.41) is 12.9. The van der Waals surface area contributed by atoms with Crippen LogP contribution < -0.4 is 10.4 Å². The molecule has 19 heavy (non-hydrogen) atoms. The zero-order chi connectivity index (χ0) is 13.6. The van der Waals surface area contributed by atoms with Gasteiger partial charge in [0.15, 0.2) is 0 Å². The van der Waals surface area contributed by atoms with Gasteiger partial charge in [0, 0.05) is 24.1 Å². The molecule has 3 rings (SSSR count). The second kappa shape index (κ2) is 4.51. The summed E-state index contributed by atoms with van der Waals surface area (Å²) in [5.41, 5.74) is 2.43. The molecule has 4 radical (unpaired) electrons. The first-order chi connectivity index (χ1) is 9.11. The van der Waals surface area contributed by atoms with Crippen molar-refractivity contribution in [2.24, 2.45) is 0 Å². The highest BCUT2D eigenvalue weighted by atomic mass is 35.5. The Labute approximate surface area is 122 Å². The fourth-order valence-corrected chi connectivity index (χ4v) is 5.54. The lowest BCUT2D eigenvalue weighted by Crippen LogP contribution is -2.32. The van der Waals surface area contributed by atoms with Crippen molar-refractivity contribution in [1.29, 1.82) is 0 Å². The van der Waals surface area contributed by atoms with Crippen LogP contribution in [0, 0.1) is 0 Å². The van der Waals surface area contributed by atoms with Crippen LogP contribution in [0.2, 0.25) is 17.8 Å². The van der Waals surface area contributed by atoms with Gasteiger partial charge in [0.05, 0.1) is 0 Å². The van der Waals surface area contributed by atoms with Crippen molar-refractivity contribution in [3.05, 3.63) is 51.4 Å². The van der Waals surface area contributed by atoms with Crippen LogP contribution in [-0.4, -0.2) is 24.1 Å². The van der Waals surface area contributed by atoms with Crippen molar-refractivity contribution in [3.63, 3.8) is 0 Å². The lowest BCUT2D eigenvalue weighted by Gasteiger charge is -2.33. The summed E-state index contributed by atoms with van der Waals surface area (Å²) in [6, 6.07) is 5.57. The van der Waals surface area contributed by atoms with Crippen molar-refractivity contribution in [2.45, 2.75) is 17.8 Å². The number of hydrogen-bond donors (Lipinski definition) is 1. The number of fused-ring (bicyclic) bond motifs is 2. The van der Waals surface area contributed by atoms with Crippen LogP contribution in [0.15, 0.2) is 41.0 Å². The van der Waals surface area contributed by atoms with Gasteiger partial charge >= 0.3 is 0 Å². The van der Waals surface area contributed by atoms with Gasteiger partial charge in [0.25, 0.3) is 0 Å². The number of allylic oxidation sites excluding steroid dienone is 4. The number of aromatic hydroxyl groups is 1. The molecule has 0 bridgehead atoms. The van der Waals surface area contributed by atoms with Crippen LogP contribution in [0.4, 0.5) is 0 Å². The van der Waals surface area contributed by atoms with Crippen LogP contribution in [0.3, 0.4) is 0 Å². The van der Waals surface area contributed by atoms with E-state index in [-0.39, 0.29) is 4.66 Å². The van der Waals surface area contributed by atoms with Crippen LogP contribution in [0.1, 0.15) is 0 Å². The highest BCUT2D eigenvalue weighted by molar-refractivity contribution is 6.67. The summed E-state index contributed by atoms with van der Waals surface area (Å²) in [6.45, 7) is 4.48. The van der Waals surface area contributed by atoms with Gasteiger partial charge in [-0.3, -0.25) is 0 Å². The molecule has 0 unspecified atom stereocenters. The number of hydrogen-bond acceptors (Lipinski definition) is 1. The SMILES string of the molecule is C[Si]C1([Si]C)C=CC(Cl)=C2C=c3ccc(O)cc3=C21. The quantitative estimate of drug-likeness (QED) is 0.829. The summed E-state index contributed by atoms with van der Waals surface area (Å²) in [6.07, 6.45) is 6.43. The third-order valence-corrected chi connectivity index (χ3v) is 8.04. The third kappa shape index (κ3) is 1.80. The van der Waals surface area contributed by atoms with Crippen LogP contribution in [-0.2, 0) is 0 Å². The van der Waals surface area contributed by atoms with E-state index in [0.29, 0.717) is 5.75 Å². The third-order valence-electron chi connectivity index (χ3n) is 3.80. The normalized spacial score (nSPS) is 19.2. The summed E-state index contributed by atoms with van der Waals surface area (Å²) in [5.74, 6) is 0.319. The maximum Gasteiger partial charge on any atom is 0.116 e. The molecule has 0 atom stereocenters. The minimum atomic E-state index is 0.0866. The summed E-state index contributed by atoms with van der Waals surface area (Å²) in [4.78, 5) is 0. The van der Waals surface area contributed by atoms with E-state index in [4.69, 9.17) is 11.6 Å². The van der Waals surface area contributed by atoms with Gasteiger partial charge in [0.1, 0.15) is 5.75 Å². The molecule has 0 heterocycles. The largest absolute Gasteiger partial charge is 0.508 e. The Morgan fingerprint density at radius 3 is 2.63 bits per heavy atom. The van der Waals surface area contributed by atoms with E-state index in [2.05, 4.69) is 25.2 Å². The molecule has 0 aromatic heterocycles. The second-order valence-electron chi connectivity index (χ2n) is 4.69. The van der Waals surface area contributed by atoms with Crippen molar-refractivity contribution >= 4 is 42.3 Å². The molecule has 2 aliphatic carbocycles. The maximum atomic E-state index is 9.78. The summed E-state index contributed by atoms with van der Waals surface area (Å²) < 4.78 is 0.0866. The number of phenolic OH excluding ortho intramolecular Hbond substituents is 1. The molecule has 0 fully saturated rings. The Bertz CT molecular complexity index is 727. The molecule has 1 nitrogen and oxygen atoms in total. The number of phenols is 1. The monoisotopic (exact) mass is 300 g/mol. The molecule has 4 heteroatoms. The van der Waals surface area contributed by atoms with Crippen molar-refractivity contribution < 1.29 is 5.11 Å². The van der Waals surface area contributed by atoms with Crippen molar-refractivity contribution in [2.75, 3.05) is 0 Å². The van der Waals surface area contributed by atoms with Crippen LogP contribution >= 0.6 is 11.6 Å². The van der Waals surface area contributed by atoms with Crippen molar-refractivity contribution in [3.8, 4) is 5.75 Å². The van der Waals surface area contributed by atoms with Gasteiger partial charge in [-0.05, 0) is 50.5 Å². The second-order valence-corrected chi connectivity index (χ2v) is 8.18. The topological polar surface area (TPSA) is 20.2 Å². The van der Waals surface area contributed by atoms with E-state index in [0.717, 1.165) is 40.1 Å². The lowest BCUT2D eigenvalue weighted by atomic mass is 9.98. The molecule has 1 N–H and O–H groups in total. The van der Waals surface area contributed by atoms with E-state index < -0.39 is 0 Å². The van der Waals surface area contributed by atoms with Gasteiger partial charge in [0.2, 0.25) is 0 Å². The Balaban J connectivity index is 2.44. The average Bonchev–Trinajstić information content (AvgIpc) is 2.80. The fraction of sp³-hybridized carbons (Fsp3) is 0.200. The van der Waals surface area contributed by atoms with E-state index >= 15 is 0 Å². The van der Waals surface area contributed by atoms with Gasteiger partial charge in [-0.2, -0.15) is 0 Å². The Morgan fingerprint density at radius 1 is 1.21 bits per heavy atom. The average molecular weight is 301 g/mol. The van der Waals surface area contributed by atoms with E-state index in [1.54, 1.807) is 6.07 Å². The molecular formula is C15H13ClOSi2. The van der Waals surface area contributed by atoms with E-state index in [1.807, 2.05) is 18.2 Å². The molecular weight excluding hydrogens is 288 g/mol. The number of benzene rings is 1. The first-order valence-corrected chi connectivity index (χ1v) is 9.52. The highest BCUT2D eigenvalue weighted by Crippen LogP contribution is 2.46. The van der Waals surface area contributed by atoms with E-state index in [9.17, 15) is 5.11 Å². The van der Waals surface area contributed by atoms with Gasteiger partial charge in [-0.25, -0.2) is 0 Å². The smallest absolute Gasteiger partial charge is 0.116 e. The molecule has 1 aromatic rings. The maximum absolute atomic E-state index is 9.78. The Morgan fingerprint density at radius 2 is 1.95 bits per heavy atom. The summed E-state index contributed by atoms with van der Waals surface area (Å²) >= 11 is 6.37. The van der Waals surface area contributed by atoms with Gasteiger partial charge in [-0.15, -0.1) is 0 Å². The van der Waals surface area contributed by atoms with Crippen LogP contribution in [0.5, 0.6) is 5.75 Å². The molecule has 2 aliphatic rings. The molecule has 0 saturated heterocycles. The molecule has 0 saturated carbocycles. The molecule has 0 aliphatic heterocycles. The molecule has 1 aromatic carbocycles. The van der Waals surface area contributed by atoms with Gasteiger partial charge in [-0.1, -0.05) is 36.8 Å². The first kappa shape index (κ1) is 13.0. The highest BCUT2D eigenvalue weighted by Gasteiger charge is 2.36. The van der Waals surface area contributed by atoms with Crippen molar-refractivity contribution in [1.82, 2.24) is 0 Å². The minimum absolute atomic E-state index is 0.0866. The predicted octanol–water partition coefficient (Wildman–Crippen LogP) is 2.02. The first-order valence-electron chi connectivity index (χ1n) is 6.14. The Kier molecular flexibility index (Phi) is 3.08. The molecule has 94 valence electrons. The molecule has 0 amide bonds. The number of rotatable bonds is 2. The minimum Gasteiger partial charge on any atom is -0.508 e. The summed E-state index contributed by atoms with van der Waals surface area (Å²) in [7, 11) is 1.57. The zero-order valence-electron chi connectivity index (χ0n) is 10.8. The van der Waals surface area contributed by atoms with Gasteiger partial charge < -0.3 is 5.11 Å². The molecule has 0 spiro atoms. The predicted molar refractivity (Wildman–Crippen MR) is 83.2 cm³/mol. The van der Waals surface area contributed by atoms with E-state index in [1.165, 1.54) is 5.57 Å². The van der Waals surface area contributed by atoms with Crippen LogP contribution in [0.25, 0.3) is 11.6 Å². The zero-order valence-corrected chi connectivity index (χ0v) is 13.5. The number of halogens is 1. The Hall–Kier alpha value is -1.04. The fourth-order valence-electron chi connectivity index (χ4n) is 2.79. The standard InChI is InChI=1S/C15H13ClOSi2/c1-18-15(19-2)6-5-13(16)12-7-9-3-4-10(17)8-11(9)14(12)15/h3-8,17H,1-2H3. The lowest BCUT2D eigenvalue weighted by molar-refractivity contribution is 0.474.